The Kier molecular flexibility index (Phi) is 5.10. The molecule has 2 N–H and O–H groups in total. The molecule has 6 nitrogen and oxygen atoms in total. The molecule has 1 spiro atoms. The van der Waals surface area contributed by atoms with Gasteiger partial charge in [0.05, 0.1) is 29.8 Å². The zero-order valence-corrected chi connectivity index (χ0v) is 21.0. The van der Waals surface area contributed by atoms with Crippen molar-refractivity contribution in [3.05, 3.63) is 94.7 Å². The predicted octanol–water partition coefficient (Wildman–Crippen LogP) is 5.12. The lowest BCUT2D eigenvalue weighted by Gasteiger charge is -2.26. The number of amides is 1. The second-order valence-electron chi connectivity index (χ2n) is 10.7. The van der Waals surface area contributed by atoms with Gasteiger partial charge in [-0.2, -0.15) is 5.10 Å². The van der Waals surface area contributed by atoms with Crippen molar-refractivity contribution in [2.75, 3.05) is 31.6 Å². The van der Waals surface area contributed by atoms with Gasteiger partial charge in [0.2, 0.25) is 5.91 Å². The summed E-state index contributed by atoms with van der Waals surface area (Å²) in [5.74, 6) is 0.112. The minimum Gasteiger partial charge on any atom is -0.379 e. The van der Waals surface area contributed by atoms with Gasteiger partial charge in [0, 0.05) is 36.1 Å². The smallest absolute Gasteiger partial charge is 0.236 e. The highest BCUT2D eigenvalue weighted by molar-refractivity contribution is 6.10. The number of hydrogen-bond acceptors (Lipinski definition) is 4. The number of carbonyl (C=O) groups excluding carboxylic acids is 1. The average Bonchev–Trinajstić information content (AvgIpc) is 3.23. The fourth-order valence-electron chi connectivity index (χ4n) is 6.31. The first kappa shape index (κ1) is 22.5. The molecule has 0 bridgehead atoms. The monoisotopic (exact) mass is 490 g/mol. The number of nitrogens with zero attached hydrogens (tertiary/aromatic N) is 2. The first-order valence-corrected chi connectivity index (χ1v) is 13.0. The second-order valence-corrected chi connectivity index (χ2v) is 10.7. The molecule has 1 saturated heterocycles. The third kappa shape index (κ3) is 3.55. The van der Waals surface area contributed by atoms with Crippen LogP contribution in [0.1, 0.15) is 41.3 Å². The lowest BCUT2D eigenvalue weighted by atomic mass is 9.83. The standard InChI is InChI=1S/C31H30N4O2/c1-30(20-31(30)25-4-2-3-5-27(25)32-29(31)36)23-11-12-24-26(33-34-28(24)18-23)13-10-21-6-8-22(9-7-21)19-35-14-16-37-17-15-35/h2-13,18H,14-17,19-20H2,1H3,(H,32,36)(H,33,34). The Morgan fingerprint density at radius 2 is 1.84 bits per heavy atom. The fourth-order valence-corrected chi connectivity index (χ4v) is 6.31. The first-order valence-electron chi connectivity index (χ1n) is 13.0. The molecule has 3 heterocycles. The Bertz CT molecular complexity index is 1530. The number of aromatic nitrogens is 2. The Labute approximate surface area is 216 Å². The van der Waals surface area contributed by atoms with Gasteiger partial charge in [0.1, 0.15) is 0 Å². The van der Waals surface area contributed by atoms with E-state index in [1.54, 1.807) is 0 Å². The van der Waals surface area contributed by atoms with E-state index in [0.717, 1.165) is 72.7 Å². The number of aromatic amines is 1. The van der Waals surface area contributed by atoms with Gasteiger partial charge in [-0.25, -0.2) is 0 Å². The molecule has 186 valence electrons. The number of rotatable bonds is 5. The number of morpholine rings is 1. The van der Waals surface area contributed by atoms with E-state index in [-0.39, 0.29) is 11.3 Å². The van der Waals surface area contributed by atoms with Crippen molar-refractivity contribution >= 4 is 34.6 Å². The largest absolute Gasteiger partial charge is 0.379 e. The van der Waals surface area contributed by atoms with Gasteiger partial charge in [-0.05, 0) is 46.9 Å². The molecule has 2 aliphatic heterocycles. The Hall–Kier alpha value is -3.74. The highest BCUT2D eigenvalue weighted by Gasteiger charge is 2.73. The summed E-state index contributed by atoms with van der Waals surface area (Å²) < 4.78 is 5.44. The summed E-state index contributed by atoms with van der Waals surface area (Å²) in [5, 5.41) is 12.0. The van der Waals surface area contributed by atoms with Gasteiger partial charge in [-0.15, -0.1) is 0 Å². The molecule has 2 atom stereocenters. The van der Waals surface area contributed by atoms with Crippen LogP contribution >= 0.6 is 0 Å². The molecule has 7 rings (SSSR count). The molecule has 1 saturated carbocycles. The molecule has 3 aromatic carbocycles. The number of nitrogens with one attached hydrogen (secondary N) is 2. The summed E-state index contributed by atoms with van der Waals surface area (Å²) in [5.41, 5.74) is 6.90. The van der Waals surface area contributed by atoms with Gasteiger partial charge >= 0.3 is 0 Å². The van der Waals surface area contributed by atoms with Crippen molar-refractivity contribution in [2.45, 2.75) is 30.7 Å². The van der Waals surface area contributed by atoms with Crippen LogP contribution in [0.15, 0.2) is 66.7 Å². The number of hydrogen-bond donors (Lipinski definition) is 2. The molecule has 2 unspecified atom stereocenters. The average molecular weight is 491 g/mol. The van der Waals surface area contributed by atoms with Crippen molar-refractivity contribution in [1.82, 2.24) is 15.1 Å². The third-order valence-corrected chi connectivity index (χ3v) is 8.61. The molecule has 4 aromatic rings. The summed E-state index contributed by atoms with van der Waals surface area (Å²) in [7, 11) is 0. The third-order valence-electron chi connectivity index (χ3n) is 8.61. The molecule has 0 radical (unpaired) electrons. The first-order chi connectivity index (χ1) is 18.1. The van der Waals surface area contributed by atoms with Crippen LogP contribution < -0.4 is 5.32 Å². The van der Waals surface area contributed by atoms with Crippen LogP contribution in [0.5, 0.6) is 0 Å². The number of fused-ring (bicyclic) bond motifs is 3. The molecule has 6 heteroatoms. The number of benzene rings is 3. The van der Waals surface area contributed by atoms with Gasteiger partial charge in [-0.1, -0.05) is 67.6 Å². The van der Waals surface area contributed by atoms with Crippen LogP contribution in [0.3, 0.4) is 0 Å². The Morgan fingerprint density at radius 3 is 2.68 bits per heavy atom. The maximum Gasteiger partial charge on any atom is 0.236 e. The van der Waals surface area contributed by atoms with Crippen molar-refractivity contribution < 1.29 is 9.53 Å². The molecule has 37 heavy (non-hydrogen) atoms. The lowest BCUT2D eigenvalue weighted by Crippen LogP contribution is -2.35. The van der Waals surface area contributed by atoms with E-state index >= 15 is 0 Å². The van der Waals surface area contributed by atoms with Crippen LogP contribution in [0, 0.1) is 0 Å². The van der Waals surface area contributed by atoms with Gasteiger partial charge in [-0.3, -0.25) is 14.8 Å². The van der Waals surface area contributed by atoms with Crippen molar-refractivity contribution in [3.8, 4) is 0 Å². The van der Waals surface area contributed by atoms with Gasteiger partial charge in [0.15, 0.2) is 0 Å². The molecule has 2 fully saturated rings. The van der Waals surface area contributed by atoms with Crippen LogP contribution in [0.2, 0.25) is 0 Å². The Balaban J connectivity index is 1.10. The number of para-hydroxylation sites is 1. The summed E-state index contributed by atoms with van der Waals surface area (Å²) in [6, 6.07) is 23.3. The van der Waals surface area contributed by atoms with Crippen LogP contribution in [0.25, 0.3) is 23.1 Å². The van der Waals surface area contributed by atoms with Gasteiger partial charge in [0.25, 0.3) is 0 Å². The molecule has 3 aliphatic rings. The quantitative estimate of drug-likeness (QED) is 0.408. The summed E-state index contributed by atoms with van der Waals surface area (Å²) in [4.78, 5) is 15.5. The summed E-state index contributed by atoms with van der Waals surface area (Å²) >= 11 is 0. The molecular weight excluding hydrogens is 460 g/mol. The van der Waals surface area contributed by atoms with Crippen LogP contribution in [-0.4, -0.2) is 47.3 Å². The summed E-state index contributed by atoms with van der Waals surface area (Å²) in [6.45, 7) is 6.81. The van der Waals surface area contributed by atoms with E-state index in [9.17, 15) is 4.79 Å². The van der Waals surface area contributed by atoms with E-state index < -0.39 is 5.41 Å². The number of anilines is 1. The Morgan fingerprint density at radius 1 is 1.03 bits per heavy atom. The maximum atomic E-state index is 13.1. The minimum atomic E-state index is -0.478. The number of carbonyl (C=O) groups is 1. The number of H-pyrrole nitrogens is 1. The molecular formula is C31H30N4O2. The highest BCUT2D eigenvalue weighted by atomic mass is 16.5. The molecule has 1 amide bonds. The fraction of sp³-hybridized carbons (Fsp3) is 0.290. The summed E-state index contributed by atoms with van der Waals surface area (Å²) in [6.07, 6.45) is 4.99. The second kappa shape index (κ2) is 8.40. The number of ether oxygens (including phenoxy) is 1. The van der Waals surface area contributed by atoms with Crippen molar-refractivity contribution in [3.63, 3.8) is 0 Å². The van der Waals surface area contributed by atoms with E-state index in [4.69, 9.17) is 4.74 Å². The van der Waals surface area contributed by atoms with Gasteiger partial charge < -0.3 is 10.1 Å². The van der Waals surface area contributed by atoms with Crippen LogP contribution in [0.4, 0.5) is 5.69 Å². The zero-order chi connectivity index (χ0) is 25.0. The van der Waals surface area contributed by atoms with Crippen LogP contribution in [-0.2, 0) is 26.9 Å². The van der Waals surface area contributed by atoms with E-state index in [2.05, 4.69) is 88.0 Å². The molecule has 1 aromatic heterocycles. The van der Waals surface area contributed by atoms with Crippen molar-refractivity contribution in [1.29, 1.82) is 0 Å². The normalized spacial score (nSPS) is 25.2. The highest BCUT2D eigenvalue weighted by Crippen LogP contribution is 2.69. The van der Waals surface area contributed by atoms with E-state index in [1.807, 2.05) is 18.2 Å². The zero-order valence-electron chi connectivity index (χ0n) is 21.0. The molecule has 1 aliphatic carbocycles. The minimum absolute atomic E-state index is 0.112. The lowest BCUT2D eigenvalue weighted by molar-refractivity contribution is -0.118. The van der Waals surface area contributed by atoms with E-state index in [1.165, 1.54) is 11.1 Å². The maximum absolute atomic E-state index is 13.1. The predicted molar refractivity (Wildman–Crippen MR) is 146 cm³/mol. The van der Waals surface area contributed by atoms with Crippen molar-refractivity contribution in [2.24, 2.45) is 0 Å². The SMILES string of the molecule is CC1(c2ccc3c(C=Cc4ccc(CN5CCOCC5)cc4)n[nH]c3c2)CC12C(=O)Nc1ccccc12. The topological polar surface area (TPSA) is 70.2 Å². The van der Waals surface area contributed by atoms with E-state index in [0.29, 0.717) is 0 Å².